The number of nitrogens with zero attached hydrogens (tertiary/aromatic N) is 2. The third kappa shape index (κ3) is 3.49. The van der Waals surface area contributed by atoms with Gasteiger partial charge in [-0.2, -0.15) is 5.10 Å². The first kappa shape index (κ1) is 16.1. The second kappa shape index (κ2) is 6.22. The summed E-state index contributed by atoms with van der Waals surface area (Å²) in [5.74, 6) is -0.835. The molecule has 1 aromatic heterocycles. The van der Waals surface area contributed by atoms with Gasteiger partial charge in [-0.15, -0.1) is 0 Å². The summed E-state index contributed by atoms with van der Waals surface area (Å²) in [5.41, 5.74) is 6.21. The molecule has 114 valence electrons. The lowest BCUT2D eigenvalue weighted by Gasteiger charge is -2.11. The van der Waals surface area contributed by atoms with Gasteiger partial charge in [0.15, 0.2) is 0 Å². The molecule has 0 radical (unpaired) electrons. The van der Waals surface area contributed by atoms with E-state index in [0.29, 0.717) is 10.2 Å². The fourth-order valence-electron chi connectivity index (χ4n) is 1.78. The summed E-state index contributed by atoms with van der Waals surface area (Å²) in [5, 5.41) is 3.93. The van der Waals surface area contributed by atoms with E-state index < -0.39 is 20.7 Å². The predicted octanol–water partition coefficient (Wildman–Crippen LogP) is 1.26. The molecule has 3 N–H and O–H groups in total. The van der Waals surface area contributed by atoms with E-state index in [4.69, 9.17) is 5.73 Å². The summed E-state index contributed by atoms with van der Waals surface area (Å²) >= 11 is 3.15. The van der Waals surface area contributed by atoms with Crippen LogP contribution in [0, 0.1) is 5.82 Å². The van der Waals surface area contributed by atoms with Crippen LogP contribution in [0.25, 0.3) is 0 Å². The van der Waals surface area contributed by atoms with E-state index in [0.717, 1.165) is 0 Å². The molecule has 2 rings (SSSR count). The van der Waals surface area contributed by atoms with Crippen molar-refractivity contribution in [1.82, 2.24) is 14.5 Å². The summed E-state index contributed by atoms with van der Waals surface area (Å²) in [6.07, 6.45) is 1.55. The summed E-state index contributed by atoms with van der Waals surface area (Å²) in [6, 6.07) is 4.33. The lowest BCUT2D eigenvalue weighted by Crippen LogP contribution is -2.26. The molecule has 0 saturated heterocycles. The highest BCUT2D eigenvalue weighted by Gasteiger charge is 2.22. The number of nitrogens with one attached hydrogen (secondary N) is 1. The zero-order valence-electron chi connectivity index (χ0n) is 11.2. The molecular formula is C12H14BrFN4O2S. The number of halogens is 2. The van der Waals surface area contributed by atoms with Crippen LogP contribution >= 0.6 is 15.9 Å². The van der Waals surface area contributed by atoms with Gasteiger partial charge in [-0.25, -0.2) is 17.5 Å². The molecule has 2 aromatic rings. The highest BCUT2D eigenvalue weighted by Crippen LogP contribution is 2.24. The van der Waals surface area contributed by atoms with Crippen molar-refractivity contribution in [2.24, 2.45) is 12.8 Å². The Hall–Kier alpha value is -1.29. The first-order valence-electron chi connectivity index (χ1n) is 5.99. The molecule has 0 amide bonds. The Balaban J connectivity index is 2.32. The maximum absolute atomic E-state index is 14.2. The molecule has 9 heteroatoms. The maximum Gasteiger partial charge on any atom is 0.243 e. The van der Waals surface area contributed by atoms with Crippen LogP contribution in [0.15, 0.2) is 33.8 Å². The van der Waals surface area contributed by atoms with Crippen LogP contribution in [0.4, 0.5) is 4.39 Å². The van der Waals surface area contributed by atoms with Crippen LogP contribution in [-0.4, -0.2) is 18.2 Å². The molecule has 0 atom stereocenters. The third-order valence-electron chi connectivity index (χ3n) is 2.95. The van der Waals surface area contributed by atoms with Crippen LogP contribution in [0.3, 0.4) is 0 Å². The van der Waals surface area contributed by atoms with Gasteiger partial charge in [-0.3, -0.25) is 4.68 Å². The molecule has 0 fully saturated rings. The van der Waals surface area contributed by atoms with Gasteiger partial charge in [0, 0.05) is 29.8 Å². The maximum atomic E-state index is 14.2. The minimum atomic E-state index is -3.99. The van der Waals surface area contributed by atoms with Crippen molar-refractivity contribution in [2.45, 2.75) is 18.0 Å². The number of nitrogens with two attached hydrogens (primary N) is 1. The zero-order chi connectivity index (χ0) is 15.6. The molecule has 21 heavy (non-hydrogen) atoms. The van der Waals surface area contributed by atoms with Gasteiger partial charge in [0.2, 0.25) is 10.0 Å². The van der Waals surface area contributed by atoms with E-state index in [1.807, 2.05) is 0 Å². The van der Waals surface area contributed by atoms with Crippen molar-refractivity contribution in [3.63, 3.8) is 0 Å². The molecule has 6 nitrogen and oxygen atoms in total. The second-order valence-corrected chi connectivity index (χ2v) is 7.00. The van der Waals surface area contributed by atoms with Crippen molar-refractivity contribution in [3.8, 4) is 0 Å². The molecule has 0 unspecified atom stereocenters. The Kier molecular flexibility index (Phi) is 4.77. The Morgan fingerprint density at radius 2 is 2.19 bits per heavy atom. The Bertz CT molecular complexity index is 761. The molecule has 0 bridgehead atoms. The molecule has 1 heterocycles. The molecule has 0 aliphatic rings. The topological polar surface area (TPSA) is 90.0 Å². The summed E-state index contributed by atoms with van der Waals surface area (Å²) < 4.78 is 43.0. The van der Waals surface area contributed by atoms with Crippen molar-refractivity contribution >= 4 is 26.0 Å². The largest absolute Gasteiger partial charge is 0.326 e. The standard InChI is InChI=1S/C12H14BrFN4O2S/c1-18-10(2-3-16-18)7-17-21(19,20)11-5-9(13)4-8(6-15)12(11)14/h2-5,17H,6-7,15H2,1H3. The van der Waals surface area contributed by atoms with Gasteiger partial charge < -0.3 is 5.73 Å². The van der Waals surface area contributed by atoms with E-state index in [-0.39, 0.29) is 18.7 Å². The molecule has 0 saturated carbocycles. The molecule has 1 aromatic carbocycles. The average molecular weight is 377 g/mol. The van der Waals surface area contributed by atoms with Gasteiger partial charge in [0.05, 0.1) is 12.2 Å². The minimum Gasteiger partial charge on any atom is -0.326 e. The van der Waals surface area contributed by atoms with E-state index >= 15 is 0 Å². The Labute approximate surface area is 130 Å². The molecule has 0 aliphatic carbocycles. The summed E-state index contributed by atoms with van der Waals surface area (Å²) in [7, 11) is -2.30. The monoisotopic (exact) mass is 376 g/mol. The second-order valence-electron chi connectivity index (χ2n) is 4.35. The Morgan fingerprint density at radius 1 is 1.48 bits per heavy atom. The number of benzene rings is 1. The number of aryl methyl sites for hydroxylation is 1. The van der Waals surface area contributed by atoms with Crippen LogP contribution < -0.4 is 10.5 Å². The smallest absolute Gasteiger partial charge is 0.243 e. The SMILES string of the molecule is Cn1nccc1CNS(=O)(=O)c1cc(Br)cc(CN)c1F. The van der Waals surface area contributed by atoms with Gasteiger partial charge in [0.25, 0.3) is 0 Å². The number of aromatic nitrogens is 2. The summed E-state index contributed by atoms with van der Waals surface area (Å²) in [6.45, 7) is -0.0712. The van der Waals surface area contributed by atoms with Crippen molar-refractivity contribution < 1.29 is 12.8 Å². The predicted molar refractivity (Wildman–Crippen MR) is 79.2 cm³/mol. The first-order valence-corrected chi connectivity index (χ1v) is 8.27. The molecule has 0 spiro atoms. The normalized spacial score (nSPS) is 11.8. The summed E-state index contributed by atoms with van der Waals surface area (Å²) in [4.78, 5) is -0.431. The fourth-order valence-corrected chi connectivity index (χ4v) is 3.58. The Morgan fingerprint density at radius 3 is 2.76 bits per heavy atom. The van der Waals surface area contributed by atoms with E-state index in [1.165, 1.54) is 16.8 Å². The van der Waals surface area contributed by atoms with Crippen molar-refractivity contribution in [3.05, 3.63) is 45.9 Å². The number of rotatable bonds is 5. The van der Waals surface area contributed by atoms with Crippen LogP contribution in [0.2, 0.25) is 0 Å². The van der Waals surface area contributed by atoms with Crippen LogP contribution in [0.1, 0.15) is 11.3 Å². The van der Waals surface area contributed by atoms with E-state index in [9.17, 15) is 12.8 Å². The van der Waals surface area contributed by atoms with Gasteiger partial charge in [-0.1, -0.05) is 15.9 Å². The van der Waals surface area contributed by atoms with Crippen molar-refractivity contribution in [2.75, 3.05) is 0 Å². The van der Waals surface area contributed by atoms with E-state index in [2.05, 4.69) is 25.8 Å². The molecular weight excluding hydrogens is 363 g/mol. The molecule has 0 aliphatic heterocycles. The lowest BCUT2D eigenvalue weighted by molar-refractivity contribution is 0.547. The lowest BCUT2D eigenvalue weighted by atomic mass is 10.2. The third-order valence-corrected chi connectivity index (χ3v) is 4.81. The van der Waals surface area contributed by atoms with Gasteiger partial charge in [0.1, 0.15) is 10.7 Å². The first-order chi connectivity index (χ1) is 9.85. The van der Waals surface area contributed by atoms with E-state index in [1.54, 1.807) is 19.3 Å². The minimum absolute atomic E-state index is 0.0166. The van der Waals surface area contributed by atoms with Crippen molar-refractivity contribution in [1.29, 1.82) is 0 Å². The van der Waals surface area contributed by atoms with Crippen LogP contribution in [-0.2, 0) is 30.2 Å². The zero-order valence-corrected chi connectivity index (χ0v) is 13.6. The fraction of sp³-hybridized carbons (Fsp3) is 0.250. The highest BCUT2D eigenvalue weighted by atomic mass is 79.9. The quantitative estimate of drug-likeness (QED) is 0.821. The number of hydrogen-bond acceptors (Lipinski definition) is 4. The van der Waals surface area contributed by atoms with Crippen LogP contribution in [0.5, 0.6) is 0 Å². The van der Waals surface area contributed by atoms with Gasteiger partial charge in [-0.05, 0) is 18.2 Å². The van der Waals surface area contributed by atoms with Gasteiger partial charge >= 0.3 is 0 Å². The average Bonchev–Trinajstić information content (AvgIpc) is 2.84. The number of sulfonamides is 1. The highest BCUT2D eigenvalue weighted by molar-refractivity contribution is 9.10. The number of hydrogen-bond donors (Lipinski definition) is 2.